The third-order valence-corrected chi connectivity index (χ3v) is 5.21. The Morgan fingerprint density at radius 2 is 1.96 bits per heavy atom. The van der Waals surface area contributed by atoms with Crippen LogP contribution in [0.3, 0.4) is 0 Å². The summed E-state index contributed by atoms with van der Waals surface area (Å²) in [7, 11) is 5.56. The van der Waals surface area contributed by atoms with Crippen LogP contribution in [0, 0.1) is 0 Å². The maximum Gasteiger partial charge on any atom is 0.320 e. The van der Waals surface area contributed by atoms with Crippen molar-refractivity contribution in [3.05, 3.63) is 18.0 Å². The van der Waals surface area contributed by atoms with E-state index in [2.05, 4.69) is 10.00 Å². The van der Waals surface area contributed by atoms with E-state index in [9.17, 15) is 9.59 Å². The quantitative estimate of drug-likeness (QED) is 0.763. The summed E-state index contributed by atoms with van der Waals surface area (Å²) in [5.41, 5.74) is 1.04. The molecule has 8 nitrogen and oxygen atoms in total. The lowest BCUT2D eigenvalue weighted by Crippen LogP contribution is -2.48. The zero-order chi connectivity index (χ0) is 18.0. The van der Waals surface area contributed by atoms with Gasteiger partial charge < -0.3 is 14.7 Å². The van der Waals surface area contributed by atoms with Crippen LogP contribution >= 0.6 is 0 Å². The Morgan fingerprint density at radius 1 is 1.24 bits per heavy atom. The summed E-state index contributed by atoms with van der Waals surface area (Å²) in [6.45, 7) is 4.40. The summed E-state index contributed by atoms with van der Waals surface area (Å²) in [5.74, 6) is 0.124. The number of rotatable bonds is 5. The van der Waals surface area contributed by atoms with Gasteiger partial charge in [-0.2, -0.15) is 5.10 Å². The van der Waals surface area contributed by atoms with E-state index in [1.54, 1.807) is 20.7 Å². The average Bonchev–Trinajstić information content (AvgIpc) is 3.14. The van der Waals surface area contributed by atoms with Gasteiger partial charge in [0, 0.05) is 71.7 Å². The maximum absolute atomic E-state index is 12.4. The zero-order valence-corrected chi connectivity index (χ0v) is 15.4. The number of amides is 3. The van der Waals surface area contributed by atoms with Crippen LogP contribution in [0.4, 0.5) is 4.79 Å². The predicted molar refractivity (Wildman–Crippen MR) is 93.9 cm³/mol. The van der Waals surface area contributed by atoms with Crippen molar-refractivity contribution >= 4 is 11.9 Å². The van der Waals surface area contributed by atoms with Gasteiger partial charge in [-0.3, -0.25) is 14.4 Å². The molecule has 1 aromatic rings. The first kappa shape index (κ1) is 17.7. The molecule has 2 aliphatic heterocycles. The highest BCUT2D eigenvalue weighted by Gasteiger charge is 2.33. The van der Waals surface area contributed by atoms with Crippen LogP contribution in [0.2, 0.25) is 0 Å². The van der Waals surface area contributed by atoms with Crippen molar-refractivity contribution in [1.29, 1.82) is 0 Å². The van der Waals surface area contributed by atoms with E-state index in [1.165, 1.54) is 0 Å². The second-order valence-electron chi connectivity index (χ2n) is 7.18. The normalized spacial score (nSPS) is 19.7. The number of hydrogen-bond donors (Lipinski definition) is 0. The molecule has 0 bridgehead atoms. The Balaban J connectivity index is 1.44. The first-order valence-corrected chi connectivity index (χ1v) is 8.89. The average molecular weight is 348 g/mol. The highest BCUT2D eigenvalue weighted by molar-refractivity contribution is 5.78. The molecule has 0 aliphatic carbocycles. The van der Waals surface area contributed by atoms with Crippen molar-refractivity contribution in [2.75, 3.05) is 46.8 Å². The van der Waals surface area contributed by atoms with E-state index in [0.29, 0.717) is 19.1 Å². The number of nitrogens with zero attached hydrogens (tertiary/aromatic N) is 6. The summed E-state index contributed by atoms with van der Waals surface area (Å²) in [6.07, 6.45) is 5.61. The highest BCUT2D eigenvalue weighted by atomic mass is 16.2. The zero-order valence-electron chi connectivity index (χ0n) is 15.4. The van der Waals surface area contributed by atoms with Gasteiger partial charge in [0.05, 0.1) is 12.7 Å². The number of carbonyl (C=O) groups excluding carboxylic acids is 2. The van der Waals surface area contributed by atoms with E-state index in [4.69, 9.17) is 0 Å². The van der Waals surface area contributed by atoms with Gasteiger partial charge in [-0.1, -0.05) is 0 Å². The molecule has 2 saturated heterocycles. The van der Waals surface area contributed by atoms with E-state index >= 15 is 0 Å². The molecule has 0 aromatic carbocycles. The first-order chi connectivity index (χ1) is 11.9. The third-order valence-electron chi connectivity index (χ3n) is 5.21. The molecule has 0 N–H and O–H groups in total. The molecular formula is C17H28N6O2. The molecule has 2 fully saturated rings. The number of likely N-dealkylation sites (tertiary alicyclic amines) is 1. The number of aromatic nitrogens is 2. The molecule has 2 aliphatic rings. The molecule has 0 radical (unpaired) electrons. The van der Waals surface area contributed by atoms with Gasteiger partial charge in [0.1, 0.15) is 0 Å². The largest absolute Gasteiger partial charge is 0.340 e. The van der Waals surface area contributed by atoms with E-state index < -0.39 is 0 Å². The highest BCUT2D eigenvalue weighted by Crippen LogP contribution is 2.20. The fraction of sp³-hybridized carbons (Fsp3) is 0.706. The monoisotopic (exact) mass is 348 g/mol. The lowest BCUT2D eigenvalue weighted by molar-refractivity contribution is -0.132. The number of hydrogen-bond acceptors (Lipinski definition) is 4. The summed E-state index contributed by atoms with van der Waals surface area (Å²) in [5, 5.41) is 4.13. The molecule has 0 spiro atoms. The Morgan fingerprint density at radius 3 is 2.52 bits per heavy atom. The van der Waals surface area contributed by atoms with Crippen molar-refractivity contribution in [3.8, 4) is 0 Å². The van der Waals surface area contributed by atoms with E-state index in [1.807, 2.05) is 32.2 Å². The smallest absolute Gasteiger partial charge is 0.320 e. The standard InChI is InChI=1S/C17H28N6O2/c1-19-8-9-23(17(19)25)15-4-6-22(7-5-15)13-16(24)20(2)11-14-10-18-21(3)12-14/h10,12,15H,4-9,11,13H2,1-3H3. The van der Waals surface area contributed by atoms with Gasteiger partial charge in [0.25, 0.3) is 0 Å². The third kappa shape index (κ3) is 4.12. The van der Waals surface area contributed by atoms with Gasteiger partial charge in [-0.25, -0.2) is 4.79 Å². The lowest BCUT2D eigenvalue weighted by atomic mass is 10.0. The van der Waals surface area contributed by atoms with Gasteiger partial charge in [-0.15, -0.1) is 0 Å². The van der Waals surface area contributed by atoms with E-state index in [0.717, 1.165) is 44.6 Å². The van der Waals surface area contributed by atoms with Crippen LogP contribution in [0.15, 0.2) is 12.4 Å². The minimum Gasteiger partial charge on any atom is -0.340 e. The van der Waals surface area contributed by atoms with Gasteiger partial charge >= 0.3 is 6.03 Å². The number of piperidine rings is 1. The van der Waals surface area contributed by atoms with Crippen molar-refractivity contribution in [1.82, 2.24) is 29.4 Å². The topological polar surface area (TPSA) is 64.9 Å². The second-order valence-corrected chi connectivity index (χ2v) is 7.18. The summed E-state index contributed by atoms with van der Waals surface area (Å²) in [6, 6.07) is 0.461. The van der Waals surface area contributed by atoms with Crippen LogP contribution in [0.1, 0.15) is 18.4 Å². The summed E-state index contributed by atoms with van der Waals surface area (Å²) in [4.78, 5) is 32.3. The Labute approximate surface area is 148 Å². The molecule has 138 valence electrons. The Bertz CT molecular complexity index is 622. The Kier molecular flexibility index (Phi) is 5.27. The first-order valence-electron chi connectivity index (χ1n) is 8.89. The fourth-order valence-electron chi connectivity index (χ4n) is 3.62. The molecule has 8 heteroatoms. The van der Waals surface area contributed by atoms with Gasteiger partial charge in [0.2, 0.25) is 5.91 Å². The number of aryl methyl sites for hydroxylation is 1. The number of urea groups is 1. The fourth-order valence-corrected chi connectivity index (χ4v) is 3.62. The molecular weight excluding hydrogens is 320 g/mol. The van der Waals surface area contributed by atoms with Crippen molar-refractivity contribution in [2.24, 2.45) is 7.05 Å². The predicted octanol–water partition coefficient (Wildman–Crippen LogP) is 0.210. The van der Waals surface area contributed by atoms with Crippen LogP contribution in [0.5, 0.6) is 0 Å². The molecule has 0 unspecified atom stereocenters. The minimum absolute atomic E-state index is 0.124. The molecule has 25 heavy (non-hydrogen) atoms. The van der Waals surface area contributed by atoms with E-state index in [-0.39, 0.29) is 11.9 Å². The minimum atomic E-state index is 0.124. The lowest BCUT2D eigenvalue weighted by Gasteiger charge is -2.36. The van der Waals surface area contributed by atoms with Gasteiger partial charge in [0.15, 0.2) is 0 Å². The SMILES string of the molecule is CN(Cc1cnn(C)c1)C(=O)CN1CCC(N2CCN(C)C2=O)CC1. The molecule has 3 rings (SSSR count). The molecule has 3 amide bonds. The molecule has 3 heterocycles. The number of carbonyl (C=O) groups is 2. The van der Waals surface area contributed by atoms with Crippen LogP contribution in [0.25, 0.3) is 0 Å². The van der Waals surface area contributed by atoms with Crippen LogP contribution in [-0.4, -0.2) is 94.2 Å². The Hall–Kier alpha value is -2.09. The van der Waals surface area contributed by atoms with Crippen molar-refractivity contribution < 1.29 is 9.59 Å². The van der Waals surface area contributed by atoms with Gasteiger partial charge in [-0.05, 0) is 12.8 Å². The maximum atomic E-state index is 12.4. The van der Waals surface area contributed by atoms with Crippen molar-refractivity contribution in [3.63, 3.8) is 0 Å². The second kappa shape index (κ2) is 7.43. The molecule has 1 aromatic heterocycles. The summed E-state index contributed by atoms with van der Waals surface area (Å²) < 4.78 is 1.75. The molecule has 0 saturated carbocycles. The summed E-state index contributed by atoms with van der Waals surface area (Å²) >= 11 is 0. The van der Waals surface area contributed by atoms with Crippen LogP contribution < -0.4 is 0 Å². The molecule has 0 atom stereocenters. The van der Waals surface area contributed by atoms with Crippen molar-refractivity contribution in [2.45, 2.75) is 25.4 Å². The van der Waals surface area contributed by atoms with Crippen LogP contribution in [-0.2, 0) is 18.4 Å². The number of likely N-dealkylation sites (N-methyl/N-ethyl adjacent to an activating group) is 2.